The van der Waals surface area contributed by atoms with Crippen LogP contribution in [-0.2, 0) is 23.0 Å². The molecule has 0 bridgehead atoms. The summed E-state index contributed by atoms with van der Waals surface area (Å²) in [6.07, 6.45) is 0.695. The van der Waals surface area contributed by atoms with E-state index in [9.17, 15) is 13.2 Å². The minimum atomic E-state index is -3.46. The van der Waals surface area contributed by atoms with Gasteiger partial charge in [0.05, 0.1) is 15.6 Å². The summed E-state index contributed by atoms with van der Waals surface area (Å²) in [5.74, 6) is -0.179. The second-order valence-electron chi connectivity index (χ2n) is 6.22. The van der Waals surface area contributed by atoms with Crippen LogP contribution in [0.25, 0.3) is 0 Å². The summed E-state index contributed by atoms with van der Waals surface area (Å²) in [4.78, 5) is 17.8. The molecule has 0 radical (unpaired) electrons. The van der Waals surface area contributed by atoms with E-state index in [0.717, 1.165) is 16.1 Å². The summed E-state index contributed by atoms with van der Waals surface area (Å²) in [6.45, 7) is 2.14. The van der Waals surface area contributed by atoms with Gasteiger partial charge >= 0.3 is 0 Å². The summed E-state index contributed by atoms with van der Waals surface area (Å²) in [7, 11) is -2.09. The van der Waals surface area contributed by atoms with Crippen molar-refractivity contribution in [3.63, 3.8) is 0 Å². The third-order valence-corrected chi connectivity index (χ3v) is 6.79. The summed E-state index contributed by atoms with van der Waals surface area (Å²) < 4.78 is 25.8. The SMILES string of the molecule is CNS(=O)(=O)c1ccc(CNC(=O)c2sc(Cc3ccccc3)nc2C)cc1. The van der Waals surface area contributed by atoms with Gasteiger partial charge in [0.25, 0.3) is 5.91 Å². The van der Waals surface area contributed by atoms with Gasteiger partial charge in [-0.2, -0.15) is 0 Å². The van der Waals surface area contributed by atoms with Crippen LogP contribution in [0.15, 0.2) is 59.5 Å². The van der Waals surface area contributed by atoms with Crippen molar-refractivity contribution in [1.82, 2.24) is 15.0 Å². The molecule has 0 unspecified atom stereocenters. The highest BCUT2D eigenvalue weighted by Gasteiger charge is 2.16. The van der Waals surface area contributed by atoms with Gasteiger partial charge in [-0.15, -0.1) is 11.3 Å². The normalized spacial score (nSPS) is 11.4. The zero-order valence-corrected chi connectivity index (χ0v) is 17.2. The van der Waals surface area contributed by atoms with Crippen LogP contribution in [0, 0.1) is 6.92 Å². The highest BCUT2D eigenvalue weighted by molar-refractivity contribution is 7.89. The lowest BCUT2D eigenvalue weighted by atomic mass is 10.2. The molecule has 1 amide bonds. The average molecular weight is 416 g/mol. The molecule has 0 aliphatic carbocycles. The number of thiazole rings is 1. The van der Waals surface area contributed by atoms with Gasteiger partial charge in [0, 0.05) is 13.0 Å². The van der Waals surface area contributed by atoms with Gasteiger partial charge in [-0.05, 0) is 37.2 Å². The molecule has 0 spiro atoms. The Bertz CT molecular complexity index is 1060. The Morgan fingerprint density at radius 2 is 1.71 bits per heavy atom. The zero-order valence-electron chi connectivity index (χ0n) is 15.6. The molecule has 2 N–H and O–H groups in total. The largest absolute Gasteiger partial charge is 0.347 e. The first-order valence-electron chi connectivity index (χ1n) is 8.70. The smallest absolute Gasteiger partial charge is 0.263 e. The molecule has 146 valence electrons. The van der Waals surface area contributed by atoms with Crippen LogP contribution in [0.3, 0.4) is 0 Å². The van der Waals surface area contributed by atoms with Crippen molar-refractivity contribution in [3.8, 4) is 0 Å². The molecular weight excluding hydrogens is 394 g/mol. The highest BCUT2D eigenvalue weighted by Crippen LogP contribution is 2.21. The number of hydrogen-bond donors (Lipinski definition) is 2. The average Bonchev–Trinajstić information content (AvgIpc) is 3.07. The molecule has 2 aromatic carbocycles. The van der Waals surface area contributed by atoms with E-state index < -0.39 is 10.0 Å². The van der Waals surface area contributed by atoms with Gasteiger partial charge in [0.15, 0.2) is 0 Å². The van der Waals surface area contributed by atoms with Gasteiger partial charge < -0.3 is 5.32 Å². The molecule has 0 atom stereocenters. The fourth-order valence-corrected chi connectivity index (χ4v) is 4.42. The minimum Gasteiger partial charge on any atom is -0.347 e. The molecule has 3 aromatic rings. The molecule has 0 saturated heterocycles. The number of nitrogens with zero attached hydrogens (tertiary/aromatic N) is 1. The Labute approximate surface area is 168 Å². The van der Waals surface area contributed by atoms with Crippen molar-refractivity contribution in [1.29, 1.82) is 0 Å². The molecule has 0 aliphatic rings. The maximum Gasteiger partial charge on any atom is 0.263 e. The van der Waals surface area contributed by atoms with E-state index in [1.54, 1.807) is 12.1 Å². The Balaban J connectivity index is 1.64. The second kappa shape index (κ2) is 8.64. The Morgan fingerprint density at radius 3 is 2.36 bits per heavy atom. The lowest BCUT2D eigenvalue weighted by Crippen LogP contribution is -2.22. The van der Waals surface area contributed by atoms with Gasteiger partial charge in [-0.1, -0.05) is 42.5 Å². The quantitative estimate of drug-likeness (QED) is 0.621. The van der Waals surface area contributed by atoms with E-state index in [4.69, 9.17) is 0 Å². The maximum atomic E-state index is 12.5. The third-order valence-electron chi connectivity index (χ3n) is 4.20. The molecule has 28 heavy (non-hydrogen) atoms. The van der Waals surface area contributed by atoms with Gasteiger partial charge in [0.2, 0.25) is 10.0 Å². The van der Waals surface area contributed by atoms with Crippen LogP contribution in [0.2, 0.25) is 0 Å². The van der Waals surface area contributed by atoms with E-state index in [1.807, 2.05) is 37.3 Å². The molecule has 3 rings (SSSR count). The number of carbonyl (C=O) groups excluding carboxylic acids is 1. The van der Waals surface area contributed by atoms with Gasteiger partial charge in [0.1, 0.15) is 4.88 Å². The molecule has 1 heterocycles. The molecule has 0 fully saturated rings. The predicted octanol–water partition coefficient (Wildman–Crippen LogP) is 2.88. The van der Waals surface area contributed by atoms with Gasteiger partial charge in [-0.25, -0.2) is 18.1 Å². The Hall–Kier alpha value is -2.55. The van der Waals surface area contributed by atoms with Crippen LogP contribution >= 0.6 is 11.3 Å². The first kappa shape index (κ1) is 20.2. The summed E-state index contributed by atoms with van der Waals surface area (Å²) in [5, 5.41) is 3.77. The van der Waals surface area contributed by atoms with Crippen LogP contribution in [0.4, 0.5) is 0 Å². The zero-order chi connectivity index (χ0) is 20.1. The van der Waals surface area contributed by atoms with Gasteiger partial charge in [-0.3, -0.25) is 4.79 Å². The van der Waals surface area contributed by atoms with Crippen molar-refractivity contribution in [2.45, 2.75) is 24.8 Å². The molecule has 6 nitrogen and oxygen atoms in total. The number of amides is 1. The Kier molecular flexibility index (Phi) is 6.23. The molecule has 1 aromatic heterocycles. The number of rotatable bonds is 7. The Morgan fingerprint density at radius 1 is 1.04 bits per heavy atom. The maximum absolute atomic E-state index is 12.5. The molecule has 0 saturated carbocycles. The van der Waals surface area contributed by atoms with E-state index in [1.165, 1.54) is 30.5 Å². The van der Waals surface area contributed by atoms with Crippen LogP contribution < -0.4 is 10.0 Å². The standard InChI is InChI=1S/C20H21N3O3S2/c1-14-19(27-18(23-14)12-15-6-4-3-5-7-15)20(24)22-13-16-8-10-17(11-9-16)28(25,26)21-2/h3-11,21H,12-13H2,1-2H3,(H,22,24). The monoisotopic (exact) mass is 415 g/mol. The highest BCUT2D eigenvalue weighted by atomic mass is 32.2. The lowest BCUT2D eigenvalue weighted by Gasteiger charge is -2.06. The van der Waals surface area contributed by atoms with E-state index in [0.29, 0.717) is 23.5 Å². The fourth-order valence-electron chi connectivity index (χ4n) is 2.68. The number of carbonyl (C=O) groups is 1. The molecule has 8 heteroatoms. The first-order valence-corrected chi connectivity index (χ1v) is 11.0. The number of nitrogens with one attached hydrogen (secondary N) is 2. The second-order valence-corrected chi connectivity index (χ2v) is 9.19. The summed E-state index contributed by atoms with van der Waals surface area (Å²) >= 11 is 1.40. The lowest BCUT2D eigenvalue weighted by molar-refractivity contribution is 0.0954. The van der Waals surface area contributed by atoms with E-state index in [2.05, 4.69) is 15.0 Å². The number of aromatic nitrogens is 1. The fraction of sp³-hybridized carbons (Fsp3) is 0.200. The molecule has 0 aliphatic heterocycles. The van der Waals surface area contributed by atoms with Crippen LogP contribution in [-0.4, -0.2) is 26.4 Å². The van der Waals surface area contributed by atoms with Crippen molar-refractivity contribution in [2.75, 3.05) is 7.05 Å². The first-order chi connectivity index (χ1) is 13.4. The number of hydrogen-bond acceptors (Lipinski definition) is 5. The number of aryl methyl sites for hydroxylation is 1. The predicted molar refractivity (Wildman–Crippen MR) is 110 cm³/mol. The third kappa shape index (κ3) is 4.83. The number of benzene rings is 2. The summed E-state index contributed by atoms with van der Waals surface area (Å²) in [6, 6.07) is 16.4. The topological polar surface area (TPSA) is 88.2 Å². The van der Waals surface area contributed by atoms with Crippen molar-refractivity contribution >= 4 is 27.3 Å². The van der Waals surface area contributed by atoms with Crippen molar-refractivity contribution < 1.29 is 13.2 Å². The van der Waals surface area contributed by atoms with Crippen molar-refractivity contribution in [3.05, 3.63) is 81.3 Å². The number of sulfonamides is 1. The minimum absolute atomic E-state index is 0.179. The molecular formula is C20H21N3O3S2. The van der Waals surface area contributed by atoms with Crippen LogP contribution in [0.5, 0.6) is 0 Å². The van der Waals surface area contributed by atoms with Crippen molar-refractivity contribution in [2.24, 2.45) is 0 Å². The summed E-state index contributed by atoms with van der Waals surface area (Å²) in [5.41, 5.74) is 2.68. The van der Waals surface area contributed by atoms with Crippen LogP contribution in [0.1, 0.15) is 31.5 Å². The van der Waals surface area contributed by atoms with E-state index in [-0.39, 0.29) is 10.8 Å². The van der Waals surface area contributed by atoms with E-state index >= 15 is 0 Å².